The standard InChI is InChI=1S/C27H32N4O2/c32-26(33)15-24(21-14-20-6-1-2-9-25(20)29-16-21)22-17-31(18-22)13-4-3-8-23-11-10-19-7-5-12-28-27(19)30-23/h1-2,6,9-11,14,16,22,24H,3-5,7-8,12-13,15,17-18H2,(H,28,30)(H,32,33). The van der Waals surface area contributed by atoms with Crippen LogP contribution in [-0.4, -0.2) is 52.1 Å². The Morgan fingerprint density at radius 2 is 2.06 bits per heavy atom. The fourth-order valence-electron chi connectivity index (χ4n) is 5.23. The second-order valence-electron chi connectivity index (χ2n) is 9.48. The third-order valence-corrected chi connectivity index (χ3v) is 7.10. The van der Waals surface area contributed by atoms with Crippen LogP contribution in [0.3, 0.4) is 0 Å². The minimum Gasteiger partial charge on any atom is -0.481 e. The first kappa shape index (κ1) is 21.8. The number of para-hydroxylation sites is 1. The molecule has 1 fully saturated rings. The molecule has 1 atom stereocenters. The molecule has 2 N–H and O–H groups in total. The van der Waals surface area contributed by atoms with E-state index < -0.39 is 5.97 Å². The number of anilines is 1. The lowest BCUT2D eigenvalue weighted by atomic mass is 9.79. The number of pyridine rings is 2. The Hall–Kier alpha value is -2.99. The zero-order valence-electron chi connectivity index (χ0n) is 19.0. The molecular weight excluding hydrogens is 412 g/mol. The zero-order valence-corrected chi connectivity index (χ0v) is 19.0. The van der Waals surface area contributed by atoms with Crippen LogP contribution in [0, 0.1) is 5.92 Å². The molecule has 2 aromatic heterocycles. The van der Waals surface area contributed by atoms with Crippen molar-refractivity contribution < 1.29 is 9.90 Å². The molecule has 6 heteroatoms. The van der Waals surface area contributed by atoms with E-state index in [1.807, 2.05) is 30.5 Å². The van der Waals surface area contributed by atoms with Crippen molar-refractivity contribution in [2.24, 2.45) is 5.92 Å². The summed E-state index contributed by atoms with van der Waals surface area (Å²) in [5.74, 6) is 0.733. The van der Waals surface area contributed by atoms with Crippen LogP contribution in [0.25, 0.3) is 10.9 Å². The quantitative estimate of drug-likeness (QED) is 0.473. The molecule has 6 nitrogen and oxygen atoms in total. The van der Waals surface area contributed by atoms with Crippen LogP contribution in [-0.2, 0) is 17.6 Å². The fraction of sp³-hybridized carbons (Fsp3) is 0.444. The van der Waals surface area contributed by atoms with Gasteiger partial charge in [0.25, 0.3) is 0 Å². The second kappa shape index (κ2) is 9.87. The summed E-state index contributed by atoms with van der Waals surface area (Å²) in [4.78, 5) is 23.4. The Labute approximate surface area is 195 Å². The van der Waals surface area contributed by atoms with Crippen molar-refractivity contribution in [3.05, 3.63) is 65.5 Å². The highest BCUT2D eigenvalue weighted by Crippen LogP contribution is 2.35. The molecule has 172 valence electrons. The molecule has 5 rings (SSSR count). The van der Waals surface area contributed by atoms with Gasteiger partial charge in [0.2, 0.25) is 0 Å². The lowest BCUT2D eigenvalue weighted by Gasteiger charge is -2.43. The molecule has 0 bridgehead atoms. The van der Waals surface area contributed by atoms with E-state index in [-0.39, 0.29) is 12.3 Å². The van der Waals surface area contributed by atoms with Crippen molar-refractivity contribution in [2.75, 3.05) is 31.5 Å². The van der Waals surface area contributed by atoms with Gasteiger partial charge in [0.15, 0.2) is 0 Å². The maximum atomic E-state index is 11.6. The Morgan fingerprint density at radius 3 is 2.94 bits per heavy atom. The van der Waals surface area contributed by atoms with E-state index in [4.69, 9.17) is 4.98 Å². The molecule has 0 radical (unpaired) electrons. The summed E-state index contributed by atoms with van der Waals surface area (Å²) < 4.78 is 0. The van der Waals surface area contributed by atoms with Crippen LogP contribution in [0.2, 0.25) is 0 Å². The number of hydrogen-bond acceptors (Lipinski definition) is 5. The second-order valence-corrected chi connectivity index (χ2v) is 9.48. The Balaban J connectivity index is 1.12. The number of carboxylic acids is 1. The van der Waals surface area contributed by atoms with E-state index in [2.05, 4.69) is 33.4 Å². The van der Waals surface area contributed by atoms with Crippen molar-refractivity contribution in [3.63, 3.8) is 0 Å². The lowest BCUT2D eigenvalue weighted by Crippen LogP contribution is -2.49. The number of aliphatic carboxylic acids is 1. The number of aryl methyl sites for hydroxylation is 2. The Bertz CT molecular complexity index is 1130. The minimum absolute atomic E-state index is 0.0167. The van der Waals surface area contributed by atoms with Crippen molar-refractivity contribution >= 4 is 22.7 Å². The largest absolute Gasteiger partial charge is 0.481 e. The molecule has 4 heterocycles. The van der Waals surface area contributed by atoms with E-state index in [1.165, 1.54) is 17.7 Å². The van der Waals surface area contributed by atoms with Crippen LogP contribution >= 0.6 is 0 Å². The van der Waals surface area contributed by atoms with Crippen molar-refractivity contribution in [1.82, 2.24) is 14.9 Å². The summed E-state index contributed by atoms with van der Waals surface area (Å²) >= 11 is 0. The molecule has 0 aliphatic carbocycles. The Morgan fingerprint density at radius 1 is 1.18 bits per heavy atom. The number of nitrogens with one attached hydrogen (secondary N) is 1. The summed E-state index contributed by atoms with van der Waals surface area (Å²) in [5, 5.41) is 14.0. The van der Waals surface area contributed by atoms with Gasteiger partial charge in [-0.2, -0.15) is 0 Å². The number of benzene rings is 1. The van der Waals surface area contributed by atoms with Crippen LogP contribution in [0.4, 0.5) is 5.82 Å². The lowest BCUT2D eigenvalue weighted by molar-refractivity contribution is -0.138. The third-order valence-electron chi connectivity index (χ3n) is 7.10. The maximum absolute atomic E-state index is 11.6. The number of aromatic nitrogens is 2. The smallest absolute Gasteiger partial charge is 0.303 e. The number of likely N-dealkylation sites (tertiary alicyclic amines) is 1. The average molecular weight is 445 g/mol. The number of hydrogen-bond donors (Lipinski definition) is 2. The van der Waals surface area contributed by atoms with Crippen LogP contribution in [0.15, 0.2) is 48.7 Å². The van der Waals surface area contributed by atoms with Gasteiger partial charge >= 0.3 is 5.97 Å². The molecule has 2 aliphatic rings. The van der Waals surface area contributed by atoms with Gasteiger partial charge < -0.3 is 15.3 Å². The summed E-state index contributed by atoms with van der Waals surface area (Å²) in [6.07, 6.45) is 7.63. The highest BCUT2D eigenvalue weighted by molar-refractivity contribution is 5.79. The number of carbonyl (C=O) groups is 1. The van der Waals surface area contributed by atoms with Crippen molar-refractivity contribution in [3.8, 4) is 0 Å². The molecule has 0 spiro atoms. The number of fused-ring (bicyclic) bond motifs is 2. The van der Waals surface area contributed by atoms with Gasteiger partial charge in [-0.3, -0.25) is 9.78 Å². The molecule has 1 saturated heterocycles. The van der Waals surface area contributed by atoms with Gasteiger partial charge in [-0.05, 0) is 73.9 Å². The molecule has 0 amide bonds. The van der Waals surface area contributed by atoms with E-state index >= 15 is 0 Å². The van der Waals surface area contributed by atoms with E-state index in [0.29, 0.717) is 5.92 Å². The van der Waals surface area contributed by atoms with E-state index in [1.54, 1.807) is 0 Å². The Kier molecular flexibility index (Phi) is 6.53. The summed E-state index contributed by atoms with van der Waals surface area (Å²) in [7, 11) is 0. The molecule has 1 aromatic carbocycles. The molecule has 1 unspecified atom stereocenters. The highest BCUT2D eigenvalue weighted by Gasteiger charge is 2.35. The van der Waals surface area contributed by atoms with Gasteiger partial charge in [0, 0.05) is 42.8 Å². The first-order valence-corrected chi connectivity index (χ1v) is 12.2. The predicted molar refractivity (Wildman–Crippen MR) is 131 cm³/mol. The van der Waals surface area contributed by atoms with Gasteiger partial charge in [0.1, 0.15) is 5.82 Å². The van der Waals surface area contributed by atoms with E-state index in [0.717, 1.165) is 74.1 Å². The van der Waals surface area contributed by atoms with Gasteiger partial charge in [-0.15, -0.1) is 0 Å². The molecule has 33 heavy (non-hydrogen) atoms. The highest BCUT2D eigenvalue weighted by atomic mass is 16.4. The summed E-state index contributed by atoms with van der Waals surface area (Å²) in [5.41, 5.74) is 4.52. The maximum Gasteiger partial charge on any atom is 0.303 e. The van der Waals surface area contributed by atoms with Crippen LogP contribution < -0.4 is 5.32 Å². The molecule has 2 aliphatic heterocycles. The molecule has 0 saturated carbocycles. The number of rotatable bonds is 9. The zero-order chi connectivity index (χ0) is 22.6. The summed E-state index contributed by atoms with van der Waals surface area (Å²) in [6, 6.07) is 14.6. The van der Waals surface area contributed by atoms with Crippen LogP contribution in [0.5, 0.6) is 0 Å². The first-order valence-electron chi connectivity index (χ1n) is 12.2. The fourth-order valence-corrected chi connectivity index (χ4v) is 5.23. The first-order chi connectivity index (χ1) is 16.2. The minimum atomic E-state index is -0.737. The SMILES string of the molecule is O=C(O)CC(c1cnc2ccccc2c1)C1CN(CCCCc2ccc3c(n2)NCCC3)C1. The summed E-state index contributed by atoms with van der Waals surface area (Å²) in [6.45, 7) is 4.02. The van der Waals surface area contributed by atoms with Crippen molar-refractivity contribution in [2.45, 2.75) is 44.4 Å². The average Bonchev–Trinajstić information content (AvgIpc) is 2.81. The van der Waals surface area contributed by atoms with Crippen LogP contribution in [0.1, 0.15) is 48.4 Å². The number of carboxylic acid groups (broad SMARTS) is 1. The monoisotopic (exact) mass is 444 g/mol. The number of unbranched alkanes of at least 4 members (excludes halogenated alkanes) is 1. The molecular formula is C27H32N4O2. The van der Waals surface area contributed by atoms with Gasteiger partial charge in [-0.25, -0.2) is 4.98 Å². The topological polar surface area (TPSA) is 78.3 Å². The normalized spacial score (nSPS) is 17.2. The van der Waals surface area contributed by atoms with Gasteiger partial charge in [-0.1, -0.05) is 24.3 Å². The third kappa shape index (κ3) is 5.17. The number of nitrogens with zero attached hydrogens (tertiary/aromatic N) is 3. The predicted octanol–water partition coefficient (Wildman–Crippen LogP) is 4.50. The van der Waals surface area contributed by atoms with E-state index in [9.17, 15) is 9.90 Å². The molecule has 3 aromatic rings. The van der Waals surface area contributed by atoms with Crippen molar-refractivity contribution in [1.29, 1.82) is 0 Å². The van der Waals surface area contributed by atoms with Gasteiger partial charge in [0.05, 0.1) is 11.9 Å².